The molecule has 1 aromatic heterocycles. The number of amides is 1. The van der Waals surface area contributed by atoms with Crippen molar-refractivity contribution in [3.05, 3.63) is 63.4 Å². The minimum atomic E-state index is -0.217. The first-order chi connectivity index (χ1) is 17.4. The summed E-state index contributed by atoms with van der Waals surface area (Å²) in [6.45, 7) is 7.30. The van der Waals surface area contributed by atoms with E-state index in [1.807, 2.05) is 49.9 Å². The topological polar surface area (TPSA) is 67.2 Å². The fourth-order valence-electron chi connectivity index (χ4n) is 5.30. The number of carbonyl (C=O) groups excluding carboxylic acids is 1. The largest absolute Gasteiger partial charge is 0.352 e. The Morgan fingerprint density at radius 1 is 1.17 bits per heavy atom. The van der Waals surface area contributed by atoms with E-state index in [0.29, 0.717) is 33.2 Å². The predicted molar refractivity (Wildman–Crippen MR) is 149 cm³/mol. The van der Waals surface area contributed by atoms with Gasteiger partial charge in [-0.05, 0) is 68.4 Å². The first-order valence-corrected chi connectivity index (χ1v) is 14.3. The van der Waals surface area contributed by atoms with E-state index >= 15 is 0 Å². The Kier molecular flexibility index (Phi) is 7.70. The van der Waals surface area contributed by atoms with E-state index in [1.54, 1.807) is 12.1 Å². The molecule has 2 aromatic carbocycles. The van der Waals surface area contributed by atoms with E-state index in [-0.39, 0.29) is 24.1 Å². The van der Waals surface area contributed by atoms with Crippen molar-refractivity contribution in [3.8, 4) is 11.4 Å². The van der Waals surface area contributed by atoms with Crippen LogP contribution in [0.5, 0.6) is 0 Å². The van der Waals surface area contributed by atoms with Crippen LogP contribution in [-0.2, 0) is 11.3 Å². The van der Waals surface area contributed by atoms with Gasteiger partial charge in [-0.3, -0.25) is 14.2 Å². The molecule has 8 heteroatoms. The van der Waals surface area contributed by atoms with E-state index in [9.17, 15) is 9.59 Å². The zero-order valence-corrected chi connectivity index (χ0v) is 22.4. The molecule has 190 valence electrons. The maximum Gasteiger partial charge on any atom is 0.262 e. The van der Waals surface area contributed by atoms with E-state index in [0.717, 1.165) is 18.8 Å². The van der Waals surface area contributed by atoms with Crippen molar-refractivity contribution >= 4 is 40.2 Å². The Morgan fingerprint density at radius 2 is 1.94 bits per heavy atom. The zero-order chi connectivity index (χ0) is 25.2. The number of hydrogen-bond acceptors (Lipinski definition) is 5. The van der Waals surface area contributed by atoms with E-state index in [2.05, 4.69) is 16.3 Å². The summed E-state index contributed by atoms with van der Waals surface area (Å²) in [5.41, 5.74) is 2.35. The van der Waals surface area contributed by atoms with Gasteiger partial charge >= 0.3 is 0 Å². The molecule has 1 saturated carbocycles. The molecule has 36 heavy (non-hydrogen) atoms. The number of nitrogens with zero attached hydrogens (tertiary/aromatic N) is 3. The molecule has 1 aliphatic heterocycles. The lowest BCUT2D eigenvalue weighted by molar-refractivity contribution is -0.122. The van der Waals surface area contributed by atoms with Crippen LogP contribution >= 0.6 is 23.4 Å². The number of hydrogen-bond donors (Lipinski definition) is 1. The lowest BCUT2D eigenvalue weighted by atomic mass is 9.71. The molecule has 2 fully saturated rings. The van der Waals surface area contributed by atoms with Crippen molar-refractivity contribution < 1.29 is 4.79 Å². The molecule has 0 atom stereocenters. The first kappa shape index (κ1) is 25.3. The quantitative estimate of drug-likeness (QED) is 0.481. The van der Waals surface area contributed by atoms with Crippen LogP contribution in [0.3, 0.4) is 0 Å². The Labute approximate surface area is 221 Å². The molecule has 2 aliphatic rings. The molecule has 0 radical (unpaired) electrons. The van der Waals surface area contributed by atoms with Gasteiger partial charge in [0.25, 0.3) is 5.56 Å². The fourth-order valence-corrected chi connectivity index (χ4v) is 6.47. The third-order valence-corrected chi connectivity index (χ3v) is 8.32. The van der Waals surface area contributed by atoms with Crippen LogP contribution in [-0.4, -0.2) is 57.5 Å². The van der Waals surface area contributed by atoms with Crippen LogP contribution in [0.25, 0.3) is 22.3 Å². The van der Waals surface area contributed by atoms with Crippen molar-refractivity contribution in [2.75, 3.05) is 31.1 Å². The summed E-state index contributed by atoms with van der Waals surface area (Å²) in [6.07, 6.45) is 2.32. The van der Waals surface area contributed by atoms with Crippen LogP contribution in [0.4, 0.5) is 0 Å². The molecule has 0 bridgehead atoms. The minimum absolute atomic E-state index is 0.0157. The Bertz CT molecular complexity index is 1310. The fraction of sp³-hybridized carbons (Fsp3) is 0.464. The predicted octanol–water partition coefficient (Wildman–Crippen LogP) is 4.78. The highest BCUT2D eigenvalue weighted by Crippen LogP contribution is 2.42. The number of benzene rings is 2. The second kappa shape index (κ2) is 11.0. The molecule has 5 rings (SSSR count). The van der Waals surface area contributed by atoms with Gasteiger partial charge in [0.15, 0.2) is 0 Å². The van der Waals surface area contributed by atoms with Crippen LogP contribution < -0.4 is 10.9 Å². The van der Waals surface area contributed by atoms with Crippen LogP contribution in [0, 0.1) is 5.92 Å². The van der Waals surface area contributed by atoms with E-state index in [1.165, 1.54) is 41.3 Å². The second-order valence-electron chi connectivity index (χ2n) is 10.3. The first-order valence-electron chi connectivity index (χ1n) is 12.8. The minimum Gasteiger partial charge on any atom is -0.352 e. The summed E-state index contributed by atoms with van der Waals surface area (Å²) in [7, 11) is 0. The third kappa shape index (κ3) is 5.63. The molecule has 1 N–H and O–H groups in total. The molecule has 1 aliphatic carbocycles. The summed E-state index contributed by atoms with van der Waals surface area (Å²) >= 11 is 8.28. The molecule has 0 unspecified atom stereocenters. The maximum atomic E-state index is 13.7. The van der Waals surface area contributed by atoms with Gasteiger partial charge in [0.1, 0.15) is 12.4 Å². The lowest BCUT2D eigenvalue weighted by Gasteiger charge is -2.40. The SMILES string of the molecule is CC(C)NC(=O)Cn1c(-c2cccc(Cl)c2)nc2ccc([C@H]3C[C@@H](CN4CCSCC4)C3)cc2c1=O. The van der Waals surface area contributed by atoms with Gasteiger partial charge in [-0.2, -0.15) is 11.8 Å². The van der Waals surface area contributed by atoms with Crippen LogP contribution in [0.2, 0.25) is 5.02 Å². The zero-order valence-electron chi connectivity index (χ0n) is 20.9. The van der Waals surface area contributed by atoms with Gasteiger partial charge in [0.2, 0.25) is 5.91 Å². The Hall–Kier alpha value is -2.35. The molecule has 3 aromatic rings. The van der Waals surface area contributed by atoms with E-state index < -0.39 is 0 Å². The highest BCUT2D eigenvalue weighted by molar-refractivity contribution is 7.99. The summed E-state index contributed by atoms with van der Waals surface area (Å²) in [6, 6.07) is 13.3. The number of fused-ring (bicyclic) bond motifs is 1. The number of aromatic nitrogens is 2. The van der Waals surface area contributed by atoms with Gasteiger partial charge < -0.3 is 10.2 Å². The van der Waals surface area contributed by atoms with Gasteiger partial charge in [0.05, 0.1) is 10.9 Å². The number of halogens is 1. The average Bonchev–Trinajstić information content (AvgIpc) is 2.83. The highest BCUT2D eigenvalue weighted by atomic mass is 35.5. The highest BCUT2D eigenvalue weighted by Gasteiger charge is 2.32. The molecule has 1 saturated heterocycles. The summed E-state index contributed by atoms with van der Waals surface area (Å²) in [4.78, 5) is 33.8. The molecular weight excluding hydrogens is 492 g/mol. The number of rotatable bonds is 7. The van der Waals surface area contributed by atoms with Gasteiger partial charge in [-0.25, -0.2) is 4.98 Å². The Morgan fingerprint density at radius 3 is 2.67 bits per heavy atom. The summed E-state index contributed by atoms with van der Waals surface area (Å²) < 4.78 is 1.48. The lowest BCUT2D eigenvalue weighted by Crippen LogP contribution is -2.40. The smallest absolute Gasteiger partial charge is 0.262 e. The van der Waals surface area contributed by atoms with Gasteiger partial charge in [-0.1, -0.05) is 29.8 Å². The summed E-state index contributed by atoms with van der Waals surface area (Å²) in [5.74, 6) is 3.92. The summed E-state index contributed by atoms with van der Waals surface area (Å²) in [5, 5.41) is 4.00. The van der Waals surface area contributed by atoms with Crippen molar-refractivity contribution in [1.82, 2.24) is 19.8 Å². The van der Waals surface area contributed by atoms with Crippen molar-refractivity contribution in [3.63, 3.8) is 0 Å². The van der Waals surface area contributed by atoms with Crippen LogP contribution in [0.15, 0.2) is 47.3 Å². The van der Waals surface area contributed by atoms with Gasteiger partial charge in [0, 0.05) is 47.8 Å². The monoisotopic (exact) mass is 524 g/mol. The van der Waals surface area contributed by atoms with Crippen molar-refractivity contribution in [2.24, 2.45) is 5.92 Å². The molecule has 6 nitrogen and oxygen atoms in total. The molecular formula is C28H33ClN4O2S. The standard InChI is InChI=1S/C28H33ClN4O2S/c1-18(2)30-26(34)17-33-27(21-4-3-5-23(29)14-21)31-25-7-6-20(15-24(25)28(33)35)22-12-19(13-22)16-32-8-10-36-11-9-32/h3-7,14-15,18-19,22H,8-13,16-17H2,1-2H3,(H,30,34)/t19-,22+. The van der Waals surface area contributed by atoms with Crippen molar-refractivity contribution in [2.45, 2.75) is 45.2 Å². The van der Waals surface area contributed by atoms with Crippen LogP contribution in [0.1, 0.15) is 38.2 Å². The normalized spacial score (nSPS) is 20.4. The van der Waals surface area contributed by atoms with E-state index in [4.69, 9.17) is 16.6 Å². The maximum absolute atomic E-state index is 13.7. The third-order valence-electron chi connectivity index (χ3n) is 7.14. The number of carbonyl (C=O) groups is 1. The molecule has 0 spiro atoms. The number of thioether (sulfide) groups is 1. The average molecular weight is 525 g/mol. The molecule has 1 amide bonds. The molecule has 2 heterocycles. The number of nitrogens with one attached hydrogen (secondary N) is 1. The Balaban J connectivity index is 1.44. The van der Waals surface area contributed by atoms with Gasteiger partial charge in [-0.15, -0.1) is 0 Å². The van der Waals surface area contributed by atoms with Crippen molar-refractivity contribution in [1.29, 1.82) is 0 Å². The second-order valence-corrected chi connectivity index (χ2v) is 11.9.